The molecule has 0 unspecified atom stereocenters. The third kappa shape index (κ3) is 1.83. The molecule has 11 heavy (non-hydrogen) atoms. The van der Waals surface area contributed by atoms with E-state index in [4.69, 9.17) is 0 Å². The quantitative estimate of drug-likeness (QED) is 0.554. The van der Waals surface area contributed by atoms with Gasteiger partial charge in [-0.05, 0) is 18.6 Å². The molecular weight excluding hydrogens is 150 g/mol. The van der Waals surface area contributed by atoms with Crippen LogP contribution < -0.4 is 10.1 Å². The van der Waals surface area contributed by atoms with E-state index in [9.17, 15) is 0 Å². The minimum Gasteiger partial charge on any atom is -0.377 e. The van der Waals surface area contributed by atoms with E-state index in [0.29, 0.717) is 0 Å². The summed E-state index contributed by atoms with van der Waals surface area (Å²) in [5.41, 5.74) is 2.56. The highest BCUT2D eigenvalue weighted by Gasteiger charge is 1.98. The van der Waals surface area contributed by atoms with Crippen LogP contribution >= 0.6 is 0 Å². The van der Waals surface area contributed by atoms with Crippen molar-refractivity contribution in [2.24, 2.45) is 0 Å². The number of nitrogens with zero attached hydrogens (tertiary/aromatic N) is 1. The van der Waals surface area contributed by atoms with E-state index in [1.807, 2.05) is 0 Å². The van der Waals surface area contributed by atoms with Gasteiger partial charge in [0.05, 0.1) is 10.2 Å². The van der Waals surface area contributed by atoms with Crippen LogP contribution in [0.4, 0.5) is 5.69 Å². The first-order valence-corrected chi connectivity index (χ1v) is 4.11. The van der Waals surface area contributed by atoms with Crippen LogP contribution in [-0.4, -0.2) is 24.3 Å². The SMILES string of the molecule is Cc1cc([Si])ccc1N(C)C. The first kappa shape index (κ1) is 8.33. The van der Waals surface area contributed by atoms with Crippen molar-refractivity contribution in [3.05, 3.63) is 23.8 Å². The summed E-state index contributed by atoms with van der Waals surface area (Å²) in [6, 6.07) is 6.28. The predicted molar refractivity (Wildman–Crippen MR) is 50.9 cm³/mol. The summed E-state index contributed by atoms with van der Waals surface area (Å²) in [5.74, 6) is 0. The van der Waals surface area contributed by atoms with Crippen LogP contribution in [0.15, 0.2) is 18.2 Å². The fourth-order valence-electron chi connectivity index (χ4n) is 1.16. The van der Waals surface area contributed by atoms with E-state index in [1.165, 1.54) is 11.3 Å². The summed E-state index contributed by atoms with van der Waals surface area (Å²) in [4.78, 5) is 2.11. The second-order valence-electron chi connectivity index (χ2n) is 2.90. The maximum absolute atomic E-state index is 3.48. The molecule has 0 amide bonds. The molecule has 0 aromatic heterocycles. The summed E-state index contributed by atoms with van der Waals surface area (Å²) >= 11 is 0. The Kier molecular flexibility index (Phi) is 2.34. The van der Waals surface area contributed by atoms with Crippen molar-refractivity contribution in [2.75, 3.05) is 19.0 Å². The van der Waals surface area contributed by atoms with Gasteiger partial charge in [0.1, 0.15) is 0 Å². The van der Waals surface area contributed by atoms with E-state index in [1.54, 1.807) is 0 Å². The summed E-state index contributed by atoms with van der Waals surface area (Å²) < 4.78 is 0. The molecule has 0 aliphatic carbocycles. The maximum Gasteiger partial charge on any atom is 0.0711 e. The molecule has 2 heteroatoms. The lowest BCUT2D eigenvalue weighted by molar-refractivity contribution is 1.12. The molecule has 3 radical (unpaired) electrons. The first-order chi connectivity index (χ1) is 5.11. The van der Waals surface area contributed by atoms with Gasteiger partial charge in [0.25, 0.3) is 0 Å². The third-order valence-electron chi connectivity index (χ3n) is 1.68. The summed E-state index contributed by atoms with van der Waals surface area (Å²) in [5, 5.41) is 1.13. The molecule has 0 bridgehead atoms. The van der Waals surface area contributed by atoms with Gasteiger partial charge in [0.15, 0.2) is 0 Å². The Morgan fingerprint density at radius 3 is 2.36 bits per heavy atom. The van der Waals surface area contributed by atoms with E-state index < -0.39 is 0 Å². The molecule has 0 atom stereocenters. The average molecular weight is 162 g/mol. The van der Waals surface area contributed by atoms with Crippen molar-refractivity contribution >= 4 is 21.1 Å². The zero-order chi connectivity index (χ0) is 8.43. The molecule has 57 valence electrons. The van der Waals surface area contributed by atoms with Gasteiger partial charge in [-0.25, -0.2) is 0 Å². The smallest absolute Gasteiger partial charge is 0.0711 e. The molecule has 1 aromatic rings. The van der Waals surface area contributed by atoms with Gasteiger partial charge in [-0.15, -0.1) is 0 Å². The normalized spacial score (nSPS) is 9.82. The highest BCUT2D eigenvalue weighted by atomic mass is 28.1. The van der Waals surface area contributed by atoms with Crippen molar-refractivity contribution < 1.29 is 0 Å². The topological polar surface area (TPSA) is 3.24 Å². The fourth-order valence-corrected chi connectivity index (χ4v) is 1.46. The Morgan fingerprint density at radius 2 is 1.91 bits per heavy atom. The molecular formula is C9H12NSi. The minimum absolute atomic E-state index is 1.13. The third-order valence-corrected chi connectivity index (χ3v) is 1.99. The molecule has 0 heterocycles. The van der Waals surface area contributed by atoms with E-state index in [-0.39, 0.29) is 0 Å². The van der Waals surface area contributed by atoms with Gasteiger partial charge in [-0.1, -0.05) is 17.3 Å². The van der Waals surface area contributed by atoms with Gasteiger partial charge in [0.2, 0.25) is 0 Å². The Morgan fingerprint density at radius 1 is 1.27 bits per heavy atom. The van der Waals surface area contributed by atoms with Gasteiger partial charge in [0, 0.05) is 19.8 Å². The lowest BCUT2D eigenvalue weighted by Gasteiger charge is -2.15. The van der Waals surface area contributed by atoms with Crippen molar-refractivity contribution in [3.63, 3.8) is 0 Å². The number of rotatable bonds is 1. The molecule has 0 spiro atoms. The second-order valence-corrected chi connectivity index (χ2v) is 3.47. The van der Waals surface area contributed by atoms with Crippen LogP contribution in [0.25, 0.3) is 0 Å². The summed E-state index contributed by atoms with van der Waals surface area (Å²) in [6.45, 7) is 2.11. The Labute approximate surface area is 71.5 Å². The Hall–Kier alpha value is -0.763. The van der Waals surface area contributed by atoms with E-state index >= 15 is 0 Å². The predicted octanol–water partition coefficient (Wildman–Crippen LogP) is 0.855. The average Bonchev–Trinajstić information content (AvgIpc) is 1.85. The number of benzene rings is 1. The molecule has 0 fully saturated rings. The molecule has 0 N–H and O–H groups in total. The number of anilines is 1. The Bertz CT molecular complexity index is 256. The molecule has 0 saturated heterocycles. The molecule has 0 aliphatic heterocycles. The number of aryl methyl sites for hydroxylation is 1. The summed E-state index contributed by atoms with van der Waals surface area (Å²) in [6.07, 6.45) is 0. The van der Waals surface area contributed by atoms with Crippen molar-refractivity contribution in [3.8, 4) is 0 Å². The van der Waals surface area contributed by atoms with Crippen LogP contribution in [0.3, 0.4) is 0 Å². The lowest BCUT2D eigenvalue weighted by Crippen LogP contribution is -2.12. The van der Waals surface area contributed by atoms with Crippen LogP contribution in [0.2, 0.25) is 0 Å². The molecule has 1 rings (SSSR count). The van der Waals surface area contributed by atoms with E-state index in [0.717, 1.165) is 5.19 Å². The van der Waals surface area contributed by atoms with Crippen LogP contribution in [-0.2, 0) is 0 Å². The largest absolute Gasteiger partial charge is 0.377 e. The molecule has 1 nitrogen and oxygen atoms in total. The van der Waals surface area contributed by atoms with E-state index in [2.05, 4.69) is 54.4 Å². The molecule has 0 aliphatic rings. The zero-order valence-electron chi connectivity index (χ0n) is 7.18. The molecule has 1 aromatic carbocycles. The lowest BCUT2D eigenvalue weighted by atomic mass is 10.2. The van der Waals surface area contributed by atoms with Crippen molar-refractivity contribution in [2.45, 2.75) is 6.92 Å². The van der Waals surface area contributed by atoms with Gasteiger partial charge in [-0.3, -0.25) is 0 Å². The number of hydrogen-bond acceptors (Lipinski definition) is 1. The number of hydrogen-bond donors (Lipinski definition) is 0. The van der Waals surface area contributed by atoms with Crippen LogP contribution in [0.1, 0.15) is 5.56 Å². The highest BCUT2D eigenvalue weighted by Crippen LogP contribution is 2.14. The van der Waals surface area contributed by atoms with Gasteiger partial charge < -0.3 is 4.90 Å². The van der Waals surface area contributed by atoms with Crippen molar-refractivity contribution in [1.29, 1.82) is 0 Å². The van der Waals surface area contributed by atoms with Crippen LogP contribution in [0.5, 0.6) is 0 Å². The Balaban J connectivity index is 3.09. The first-order valence-electron chi connectivity index (χ1n) is 3.61. The monoisotopic (exact) mass is 162 g/mol. The van der Waals surface area contributed by atoms with Crippen molar-refractivity contribution in [1.82, 2.24) is 0 Å². The van der Waals surface area contributed by atoms with Gasteiger partial charge in [-0.2, -0.15) is 0 Å². The molecule has 0 saturated carbocycles. The van der Waals surface area contributed by atoms with Crippen LogP contribution in [0, 0.1) is 6.92 Å². The maximum atomic E-state index is 3.48. The zero-order valence-corrected chi connectivity index (χ0v) is 8.18. The van der Waals surface area contributed by atoms with Gasteiger partial charge >= 0.3 is 0 Å². The highest BCUT2D eigenvalue weighted by molar-refractivity contribution is 6.32. The standard InChI is InChI=1S/C9H12NSi/c1-7-6-8(11)4-5-9(7)10(2)3/h4-6H,1-3H3. The second kappa shape index (κ2) is 3.09. The minimum atomic E-state index is 1.13. The summed E-state index contributed by atoms with van der Waals surface area (Å²) in [7, 11) is 7.58. The fraction of sp³-hybridized carbons (Fsp3) is 0.333.